The predicted octanol–water partition coefficient (Wildman–Crippen LogP) is 2.51. The second-order valence-electron chi connectivity index (χ2n) is 6.60. The average molecular weight is 358 g/mol. The Bertz CT molecular complexity index is 535. The van der Waals surface area contributed by atoms with Gasteiger partial charge in [-0.1, -0.05) is 9.55 Å². The van der Waals surface area contributed by atoms with E-state index in [0.717, 1.165) is 12.2 Å². The molecule has 7 nitrogen and oxygen atoms in total. The lowest BCUT2D eigenvalue weighted by Gasteiger charge is -2.24. The van der Waals surface area contributed by atoms with Crippen LogP contribution in [-0.4, -0.2) is 47.1 Å². The number of aryl methyl sites for hydroxylation is 1. The van der Waals surface area contributed by atoms with Gasteiger partial charge >= 0.3 is 0 Å². The lowest BCUT2D eigenvalue weighted by Crippen LogP contribution is -2.28. The standard InChI is InChI=1S/C16H26N2O5S/c1-13-12-14(18-23-13)16(21-10-11-22-16)6-5-8-20-9-7-17-24(19)15(2,3)4/h7,12H,5-6,8-11H2,1-4H3. The van der Waals surface area contributed by atoms with Gasteiger partial charge in [0, 0.05) is 19.1 Å². The van der Waals surface area contributed by atoms with Crippen LogP contribution in [0.3, 0.4) is 0 Å². The zero-order valence-electron chi connectivity index (χ0n) is 14.7. The molecule has 0 saturated carbocycles. The molecular weight excluding hydrogens is 332 g/mol. The lowest BCUT2D eigenvalue weighted by molar-refractivity contribution is -0.177. The smallest absolute Gasteiger partial charge is 0.216 e. The second kappa shape index (κ2) is 8.44. The first-order valence-electron chi connectivity index (χ1n) is 8.07. The third-order valence-electron chi connectivity index (χ3n) is 3.45. The number of aromatic nitrogens is 1. The number of hydrogen-bond acceptors (Lipinski definition) is 7. The Labute approximate surface area is 146 Å². The topological polar surface area (TPSA) is 89.1 Å². The molecular formula is C16H26N2O5S. The molecule has 1 atom stereocenters. The predicted molar refractivity (Wildman–Crippen MR) is 91.3 cm³/mol. The van der Waals surface area contributed by atoms with E-state index in [2.05, 4.69) is 9.55 Å². The van der Waals surface area contributed by atoms with Crippen molar-refractivity contribution < 1.29 is 23.3 Å². The van der Waals surface area contributed by atoms with E-state index in [0.29, 0.717) is 38.5 Å². The van der Waals surface area contributed by atoms with E-state index < -0.39 is 17.1 Å². The molecule has 1 aromatic heterocycles. The first-order chi connectivity index (χ1) is 11.3. The van der Waals surface area contributed by atoms with Gasteiger partial charge in [0.05, 0.1) is 26.0 Å². The highest BCUT2D eigenvalue weighted by atomic mass is 32.2. The van der Waals surface area contributed by atoms with Crippen LogP contribution in [0.25, 0.3) is 0 Å². The summed E-state index contributed by atoms with van der Waals surface area (Å²) in [6, 6.07) is 1.83. The first-order valence-corrected chi connectivity index (χ1v) is 9.18. The van der Waals surface area contributed by atoms with Crippen LogP contribution in [0.5, 0.6) is 0 Å². The van der Waals surface area contributed by atoms with Crippen molar-refractivity contribution in [3.63, 3.8) is 0 Å². The summed E-state index contributed by atoms with van der Waals surface area (Å²) in [6.07, 6.45) is 2.92. The Morgan fingerprint density at radius 3 is 2.71 bits per heavy atom. The molecule has 0 N–H and O–H groups in total. The molecule has 0 aliphatic carbocycles. The van der Waals surface area contributed by atoms with E-state index in [9.17, 15) is 4.55 Å². The molecule has 1 fully saturated rings. The van der Waals surface area contributed by atoms with Crippen LogP contribution < -0.4 is 0 Å². The number of ether oxygens (including phenoxy) is 3. The van der Waals surface area contributed by atoms with Crippen molar-refractivity contribution in [2.45, 2.75) is 51.1 Å². The van der Waals surface area contributed by atoms with Crippen LogP contribution >= 0.6 is 0 Å². The van der Waals surface area contributed by atoms with Gasteiger partial charge in [-0.15, -0.1) is 0 Å². The molecule has 1 unspecified atom stereocenters. The highest BCUT2D eigenvalue weighted by Gasteiger charge is 2.41. The first kappa shape index (κ1) is 19.4. The van der Waals surface area contributed by atoms with Gasteiger partial charge in [0.15, 0.2) is 0 Å². The zero-order valence-corrected chi connectivity index (χ0v) is 15.6. The summed E-state index contributed by atoms with van der Waals surface area (Å²) in [5, 5.41) is 4.02. The quantitative estimate of drug-likeness (QED) is 0.403. The van der Waals surface area contributed by atoms with Gasteiger partial charge in [0.2, 0.25) is 5.79 Å². The fourth-order valence-corrected chi connectivity index (χ4v) is 2.73. The molecule has 0 amide bonds. The molecule has 0 spiro atoms. The second-order valence-corrected chi connectivity index (χ2v) is 8.53. The number of nitrogens with zero attached hydrogens (tertiary/aromatic N) is 2. The van der Waals surface area contributed by atoms with E-state index in [1.54, 1.807) is 6.21 Å². The van der Waals surface area contributed by atoms with Crippen LogP contribution in [0.2, 0.25) is 0 Å². The van der Waals surface area contributed by atoms with Crippen molar-refractivity contribution in [2.75, 3.05) is 26.4 Å². The fraction of sp³-hybridized carbons (Fsp3) is 0.750. The SMILES string of the molecule is Cc1cc(C2(CCCOCC=N[S+]([O-])C(C)(C)C)OCCO2)no1. The van der Waals surface area contributed by atoms with E-state index in [1.165, 1.54) is 0 Å². The van der Waals surface area contributed by atoms with Gasteiger partial charge < -0.3 is 23.3 Å². The number of rotatable bonds is 8. The van der Waals surface area contributed by atoms with Crippen LogP contribution in [-0.2, 0) is 31.4 Å². The summed E-state index contributed by atoms with van der Waals surface area (Å²) >= 11 is -1.25. The van der Waals surface area contributed by atoms with E-state index in [-0.39, 0.29) is 4.75 Å². The van der Waals surface area contributed by atoms with Gasteiger partial charge in [0.25, 0.3) is 0 Å². The fourth-order valence-electron chi connectivity index (χ4n) is 2.22. The zero-order chi connectivity index (χ0) is 17.6. The Morgan fingerprint density at radius 2 is 2.12 bits per heavy atom. The van der Waals surface area contributed by atoms with Crippen LogP contribution in [0.1, 0.15) is 45.1 Å². The van der Waals surface area contributed by atoms with Crippen molar-refractivity contribution in [3.05, 3.63) is 17.5 Å². The summed E-state index contributed by atoms with van der Waals surface area (Å²) in [5.74, 6) is -0.106. The summed E-state index contributed by atoms with van der Waals surface area (Å²) in [7, 11) is 0. The monoisotopic (exact) mass is 358 g/mol. The minimum absolute atomic E-state index is 0.333. The lowest BCUT2D eigenvalue weighted by atomic mass is 10.1. The normalized spacial score (nSPS) is 19.2. The van der Waals surface area contributed by atoms with E-state index >= 15 is 0 Å². The Hall–Kier alpha value is -0.930. The molecule has 0 radical (unpaired) electrons. The summed E-state index contributed by atoms with van der Waals surface area (Å²) in [6.45, 7) is 9.42. The highest BCUT2D eigenvalue weighted by Crippen LogP contribution is 2.35. The maximum Gasteiger partial charge on any atom is 0.216 e. The van der Waals surface area contributed by atoms with Crippen molar-refractivity contribution in [1.29, 1.82) is 0 Å². The molecule has 1 aliphatic heterocycles. The van der Waals surface area contributed by atoms with Crippen molar-refractivity contribution in [3.8, 4) is 0 Å². The highest BCUT2D eigenvalue weighted by molar-refractivity contribution is 7.91. The summed E-state index contributed by atoms with van der Waals surface area (Å²) in [4.78, 5) is 0. The Balaban J connectivity index is 1.72. The Morgan fingerprint density at radius 1 is 1.42 bits per heavy atom. The van der Waals surface area contributed by atoms with Gasteiger partial charge in [-0.3, -0.25) is 0 Å². The third kappa shape index (κ3) is 5.29. The minimum Gasteiger partial charge on any atom is -0.591 e. The largest absolute Gasteiger partial charge is 0.591 e. The van der Waals surface area contributed by atoms with Crippen LogP contribution in [0.4, 0.5) is 0 Å². The van der Waals surface area contributed by atoms with E-state index in [1.807, 2.05) is 33.8 Å². The molecule has 0 bridgehead atoms. The summed E-state index contributed by atoms with van der Waals surface area (Å²) < 4.78 is 37.5. The van der Waals surface area contributed by atoms with Crippen molar-refractivity contribution in [1.82, 2.24) is 5.16 Å². The molecule has 0 aromatic carbocycles. The molecule has 1 saturated heterocycles. The summed E-state index contributed by atoms with van der Waals surface area (Å²) in [5.41, 5.74) is 0.666. The molecule has 2 heterocycles. The minimum atomic E-state index is -1.25. The van der Waals surface area contributed by atoms with Crippen molar-refractivity contribution in [2.24, 2.45) is 4.40 Å². The molecule has 2 rings (SSSR count). The van der Waals surface area contributed by atoms with Gasteiger partial charge in [-0.2, -0.15) is 0 Å². The molecule has 1 aromatic rings. The third-order valence-corrected chi connectivity index (χ3v) is 4.84. The van der Waals surface area contributed by atoms with Gasteiger partial charge in [-0.05, 0) is 34.1 Å². The molecule has 1 aliphatic rings. The maximum absolute atomic E-state index is 11.7. The average Bonchev–Trinajstić information content (AvgIpc) is 3.15. The molecule has 136 valence electrons. The van der Waals surface area contributed by atoms with Crippen LogP contribution in [0, 0.1) is 6.92 Å². The van der Waals surface area contributed by atoms with Crippen molar-refractivity contribution >= 4 is 17.6 Å². The number of hydrogen-bond donors (Lipinski definition) is 0. The van der Waals surface area contributed by atoms with E-state index in [4.69, 9.17) is 18.7 Å². The van der Waals surface area contributed by atoms with Gasteiger partial charge in [0.1, 0.15) is 27.6 Å². The van der Waals surface area contributed by atoms with Crippen LogP contribution in [0.15, 0.2) is 15.0 Å². The van der Waals surface area contributed by atoms with Gasteiger partial charge in [-0.25, -0.2) is 0 Å². The Kier molecular flexibility index (Phi) is 6.82. The maximum atomic E-state index is 11.7. The molecule has 8 heteroatoms. The molecule has 24 heavy (non-hydrogen) atoms.